The van der Waals surface area contributed by atoms with Crippen LogP contribution in [0.1, 0.15) is 0 Å². The van der Waals surface area contributed by atoms with Gasteiger partial charge in [-0.1, -0.05) is 109 Å². The van der Waals surface area contributed by atoms with Crippen molar-refractivity contribution < 1.29 is 4.42 Å². The molecular weight excluding hydrogens is 773 g/mol. The molecule has 0 spiro atoms. The highest BCUT2D eigenvalue weighted by Gasteiger charge is 2.19. The van der Waals surface area contributed by atoms with Crippen LogP contribution in [-0.2, 0) is 0 Å². The van der Waals surface area contributed by atoms with Crippen LogP contribution in [0.15, 0.2) is 211 Å². The van der Waals surface area contributed by atoms with Gasteiger partial charge in [0.25, 0.3) is 0 Å². The highest BCUT2D eigenvalue weighted by atomic mass is 16.3. The molecule has 0 aliphatic rings. The molecule has 63 heavy (non-hydrogen) atoms. The first-order valence-corrected chi connectivity index (χ1v) is 21.0. The van der Waals surface area contributed by atoms with Crippen molar-refractivity contribution in [2.75, 3.05) is 0 Å². The minimum Gasteiger partial charge on any atom is -0.453 e. The number of hydrogen-bond acceptors (Lipinski definition) is 5. The summed E-state index contributed by atoms with van der Waals surface area (Å²) in [7, 11) is 0. The van der Waals surface area contributed by atoms with E-state index in [1.807, 2.05) is 42.7 Å². The lowest BCUT2D eigenvalue weighted by Gasteiger charge is -2.13. The molecule has 7 aromatic heterocycles. The highest BCUT2D eigenvalue weighted by molar-refractivity contribution is 6.13. The van der Waals surface area contributed by atoms with E-state index in [-0.39, 0.29) is 0 Å². The third-order valence-electron chi connectivity index (χ3n) is 12.2. The average molecular weight is 807 g/mol. The number of fused-ring (bicyclic) bond motifs is 9. The van der Waals surface area contributed by atoms with Crippen LogP contribution in [-0.4, -0.2) is 29.1 Å². The number of para-hydroxylation sites is 2. The molecule has 6 aromatic carbocycles. The van der Waals surface area contributed by atoms with Gasteiger partial charge in [0.15, 0.2) is 11.2 Å². The van der Waals surface area contributed by atoms with E-state index in [0.29, 0.717) is 5.58 Å². The van der Waals surface area contributed by atoms with Crippen LogP contribution in [0.5, 0.6) is 0 Å². The zero-order chi connectivity index (χ0) is 41.4. The standard InChI is InChI=1S/C56H34N6O/c1-3-12-35(13-4-1)39-31-47(36-14-5-2-6-15-36)59-54(32-39)62-49-19-10-8-17-43(49)45-30-38(22-25-51(45)62)37-21-24-50-44(29-37)42-16-7-9-18-48(42)61(50)41-28-40(33-57-34-41)46-23-26-53-56(60-46)55-52(63-53)20-11-27-58-55/h1-34H. The number of hydrogen-bond donors (Lipinski definition) is 0. The minimum absolute atomic E-state index is 0.711. The second-order valence-corrected chi connectivity index (χ2v) is 15.9. The number of nitrogens with zero attached hydrogens (tertiary/aromatic N) is 6. The van der Waals surface area contributed by atoms with E-state index < -0.39 is 0 Å². The molecule has 0 aliphatic carbocycles. The third kappa shape index (κ3) is 5.67. The van der Waals surface area contributed by atoms with Crippen molar-refractivity contribution in [1.29, 1.82) is 0 Å². The summed E-state index contributed by atoms with van der Waals surface area (Å²) in [6.07, 6.45) is 5.56. The van der Waals surface area contributed by atoms with E-state index in [1.54, 1.807) is 6.20 Å². The van der Waals surface area contributed by atoms with Gasteiger partial charge in [0.05, 0.1) is 45.3 Å². The maximum absolute atomic E-state index is 6.01. The lowest BCUT2D eigenvalue weighted by atomic mass is 10.0. The van der Waals surface area contributed by atoms with E-state index in [1.165, 1.54) is 21.5 Å². The Morgan fingerprint density at radius 1 is 0.365 bits per heavy atom. The smallest absolute Gasteiger partial charge is 0.155 e. The van der Waals surface area contributed by atoms with Gasteiger partial charge >= 0.3 is 0 Å². The Balaban J connectivity index is 0.938. The molecule has 0 fully saturated rings. The monoisotopic (exact) mass is 806 g/mol. The molecule has 0 saturated carbocycles. The number of furan rings is 1. The molecule has 0 bridgehead atoms. The molecule has 7 heteroatoms. The van der Waals surface area contributed by atoms with Gasteiger partial charge in [-0.25, -0.2) is 9.97 Å². The maximum atomic E-state index is 6.01. The Kier molecular flexibility index (Phi) is 7.77. The van der Waals surface area contributed by atoms with Gasteiger partial charge in [0, 0.05) is 45.1 Å². The van der Waals surface area contributed by atoms with Gasteiger partial charge in [-0.2, -0.15) is 0 Å². The van der Waals surface area contributed by atoms with Gasteiger partial charge in [-0.3, -0.25) is 14.5 Å². The largest absolute Gasteiger partial charge is 0.453 e. The van der Waals surface area contributed by atoms with E-state index in [2.05, 4.69) is 172 Å². The molecule has 0 saturated heterocycles. The predicted octanol–water partition coefficient (Wildman–Crippen LogP) is 14.0. The van der Waals surface area contributed by atoms with E-state index in [4.69, 9.17) is 19.4 Å². The molecule has 0 amide bonds. The second-order valence-electron chi connectivity index (χ2n) is 15.9. The zero-order valence-corrected chi connectivity index (χ0v) is 33.7. The van der Waals surface area contributed by atoms with Gasteiger partial charge in [0.1, 0.15) is 16.9 Å². The summed E-state index contributed by atoms with van der Waals surface area (Å²) in [6, 6.07) is 66.2. The normalized spacial score (nSPS) is 11.8. The summed E-state index contributed by atoms with van der Waals surface area (Å²) in [6.45, 7) is 0. The SMILES string of the molecule is c1ccc(-c2cc(-c3ccccc3)nc(-n3c4ccccc4c4cc(-c5ccc6c(c5)c5ccccc5n6-c5cncc(-c6ccc7oc8cccnc8c7n6)c5)ccc43)c2)cc1. The van der Waals surface area contributed by atoms with Crippen molar-refractivity contribution in [3.63, 3.8) is 0 Å². The second kappa shape index (κ2) is 13.9. The van der Waals surface area contributed by atoms with Crippen LogP contribution in [0.2, 0.25) is 0 Å². The molecule has 294 valence electrons. The summed E-state index contributed by atoms with van der Waals surface area (Å²) >= 11 is 0. The first-order valence-electron chi connectivity index (χ1n) is 21.0. The van der Waals surface area contributed by atoms with E-state index >= 15 is 0 Å². The maximum Gasteiger partial charge on any atom is 0.155 e. The van der Waals surface area contributed by atoms with Crippen LogP contribution >= 0.6 is 0 Å². The fraction of sp³-hybridized carbons (Fsp3) is 0. The Bertz CT molecular complexity index is 3860. The van der Waals surface area contributed by atoms with Crippen molar-refractivity contribution in [3.8, 4) is 56.3 Å². The van der Waals surface area contributed by atoms with E-state index in [9.17, 15) is 0 Å². The summed E-state index contributed by atoms with van der Waals surface area (Å²) in [5, 5.41) is 4.69. The molecule has 0 radical (unpaired) electrons. The molecule has 0 atom stereocenters. The first-order chi connectivity index (χ1) is 31.2. The van der Waals surface area contributed by atoms with Crippen LogP contribution in [0.4, 0.5) is 0 Å². The number of benzene rings is 6. The Labute approximate surface area is 360 Å². The molecular formula is C56H34N6O. The zero-order valence-electron chi connectivity index (χ0n) is 33.7. The fourth-order valence-electron chi connectivity index (χ4n) is 9.33. The number of aromatic nitrogens is 6. The molecule has 7 heterocycles. The van der Waals surface area contributed by atoms with Crippen LogP contribution < -0.4 is 0 Å². The van der Waals surface area contributed by atoms with Crippen LogP contribution in [0, 0.1) is 0 Å². The van der Waals surface area contributed by atoms with Gasteiger partial charge < -0.3 is 8.98 Å². The minimum atomic E-state index is 0.711. The van der Waals surface area contributed by atoms with Crippen molar-refractivity contribution in [2.24, 2.45) is 0 Å². The molecule has 0 aliphatic heterocycles. The van der Waals surface area contributed by atoms with Crippen LogP contribution in [0.25, 0.3) is 122 Å². The molecule has 0 N–H and O–H groups in total. The summed E-state index contributed by atoms with van der Waals surface area (Å²) < 4.78 is 10.6. The number of rotatable bonds is 6. The lowest BCUT2D eigenvalue weighted by Crippen LogP contribution is -2.00. The molecule has 13 rings (SSSR count). The van der Waals surface area contributed by atoms with Gasteiger partial charge in [0.2, 0.25) is 0 Å². The van der Waals surface area contributed by atoms with Crippen molar-refractivity contribution in [2.45, 2.75) is 0 Å². The summed E-state index contributed by atoms with van der Waals surface area (Å²) in [5.41, 5.74) is 16.6. The molecule has 7 nitrogen and oxygen atoms in total. The lowest BCUT2D eigenvalue weighted by molar-refractivity contribution is 0.667. The predicted molar refractivity (Wildman–Crippen MR) is 255 cm³/mol. The molecule has 0 unspecified atom stereocenters. The Hall–Kier alpha value is -8.68. The topological polar surface area (TPSA) is 74.6 Å². The first kappa shape index (κ1) is 35.1. The summed E-state index contributed by atoms with van der Waals surface area (Å²) in [4.78, 5) is 19.6. The average Bonchev–Trinajstić information content (AvgIpc) is 4.01. The van der Waals surface area contributed by atoms with Crippen molar-refractivity contribution in [3.05, 3.63) is 207 Å². The summed E-state index contributed by atoms with van der Waals surface area (Å²) in [5.74, 6) is 0.880. The Morgan fingerprint density at radius 2 is 1.00 bits per heavy atom. The van der Waals surface area contributed by atoms with Crippen molar-refractivity contribution >= 4 is 65.8 Å². The van der Waals surface area contributed by atoms with Gasteiger partial charge in [-0.15, -0.1) is 0 Å². The third-order valence-corrected chi connectivity index (χ3v) is 12.2. The quantitative estimate of drug-likeness (QED) is 0.167. The fourth-order valence-corrected chi connectivity index (χ4v) is 9.33. The number of pyridine rings is 4. The highest BCUT2D eigenvalue weighted by Crippen LogP contribution is 2.40. The van der Waals surface area contributed by atoms with Gasteiger partial charge in [-0.05, 0) is 101 Å². The van der Waals surface area contributed by atoms with Crippen LogP contribution in [0.3, 0.4) is 0 Å². The van der Waals surface area contributed by atoms with Crippen molar-refractivity contribution in [1.82, 2.24) is 29.1 Å². The molecule has 13 aromatic rings. The van der Waals surface area contributed by atoms with E-state index in [0.717, 1.165) is 95.0 Å². The Morgan fingerprint density at radius 3 is 1.75 bits per heavy atom.